The molecule has 0 N–H and O–H groups in total. The van der Waals surface area contributed by atoms with E-state index < -0.39 is 0 Å². The molecule has 0 unspecified atom stereocenters. The normalized spacial score (nSPS) is 10.8. The Bertz CT molecular complexity index is 2630. The quantitative estimate of drug-likeness (QED) is 0.153. The van der Waals surface area contributed by atoms with Crippen molar-refractivity contribution in [2.75, 3.05) is 9.80 Å². The Morgan fingerprint density at radius 1 is 0.190 bits per heavy atom. The van der Waals surface area contributed by atoms with E-state index in [0.29, 0.717) is 0 Å². The summed E-state index contributed by atoms with van der Waals surface area (Å²) in [6.45, 7) is 0. The van der Waals surface area contributed by atoms with Crippen LogP contribution in [-0.2, 0) is 0 Å². The van der Waals surface area contributed by atoms with E-state index in [0.717, 1.165) is 34.1 Å². The number of para-hydroxylation sites is 2. The van der Waals surface area contributed by atoms with Gasteiger partial charge in [-0.05, 0) is 93.7 Å². The second-order valence-electron chi connectivity index (χ2n) is 14.2. The molecule has 10 aromatic carbocycles. The van der Waals surface area contributed by atoms with Crippen molar-refractivity contribution >= 4 is 55.7 Å². The monoisotopic (exact) mass is 742 g/mol. The highest BCUT2D eigenvalue weighted by molar-refractivity contribution is 6.00. The van der Waals surface area contributed by atoms with Crippen molar-refractivity contribution in [2.45, 2.75) is 0 Å². The fraction of sp³-hybridized carbons (Fsp3) is 0. The lowest BCUT2D eigenvalue weighted by atomic mass is 9.99. The third kappa shape index (κ3) is 7.73. The molecule has 10 rings (SSSR count). The SMILES string of the molecule is c1ccc(N(c2ccc(-c3ccc(-c4ccc(N(c5ccccc5)c5cccc6ccccc56)cc4)cc3)cc2)c2cccc3ccccc23)cc1.c1ccccc1. The molecule has 58 heavy (non-hydrogen) atoms. The lowest BCUT2D eigenvalue weighted by Gasteiger charge is -2.27. The predicted octanol–water partition coefficient (Wildman–Crippen LogP) is 16.0. The van der Waals surface area contributed by atoms with Crippen molar-refractivity contribution < 1.29 is 0 Å². The van der Waals surface area contributed by atoms with Crippen LogP contribution in [0.4, 0.5) is 34.1 Å². The molecule has 0 amide bonds. The second kappa shape index (κ2) is 17.0. The van der Waals surface area contributed by atoms with Gasteiger partial charge in [0.15, 0.2) is 0 Å². The van der Waals surface area contributed by atoms with Crippen molar-refractivity contribution in [2.24, 2.45) is 0 Å². The first kappa shape index (κ1) is 36.0. The van der Waals surface area contributed by atoms with Gasteiger partial charge in [-0.1, -0.05) is 194 Å². The summed E-state index contributed by atoms with van der Waals surface area (Å²) < 4.78 is 0. The Morgan fingerprint density at radius 2 is 0.448 bits per heavy atom. The van der Waals surface area contributed by atoms with Crippen LogP contribution in [0.3, 0.4) is 0 Å². The molecule has 2 heteroatoms. The van der Waals surface area contributed by atoms with Crippen molar-refractivity contribution in [3.63, 3.8) is 0 Å². The summed E-state index contributed by atoms with van der Waals surface area (Å²) in [7, 11) is 0. The number of rotatable bonds is 8. The third-order valence-electron chi connectivity index (χ3n) is 10.5. The van der Waals surface area contributed by atoms with Crippen LogP contribution in [0.5, 0.6) is 0 Å². The molecule has 0 heterocycles. The molecule has 0 bridgehead atoms. The zero-order chi connectivity index (χ0) is 38.9. The van der Waals surface area contributed by atoms with E-state index in [1.54, 1.807) is 0 Å². The fourth-order valence-electron chi connectivity index (χ4n) is 7.66. The van der Waals surface area contributed by atoms with E-state index in [1.165, 1.54) is 43.8 Å². The van der Waals surface area contributed by atoms with Gasteiger partial charge < -0.3 is 9.80 Å². The molecular formula is C56H42N2. The molecule has 0 fully saturated rings. The first-order chi connectivity index (χ1) is 28.8. The average Bonchev–Trinajstić information content (AvgIpc) is 3.31. The summed E-state index contributed by atoms with van der Waals surface area (Å²) in [6, 6.07) is 90.2. The van der Waals surface area contributed by atoms with Crippen LogP contribution < -0.4 is 9.80 Å². The van der Waals surface area contributed by atoms with E-state index in [1.807, 2.05) is 36.4 Å². The maximum absolute atomic E-state index is 2.35. The zero-order valence-electron chi connectivity index (χ0n) is 32.1. The Kier molecular flexibility index (Phi) is 10.5. The number of benzene rings is 10. The lowest BCUT2D eigenvalue weighted by Crippen LogP contribution is -2.10. The van der Waals surface area contributed by atoms with Crippen LogP contribution in [0, 0.1) is 0 Å². The molecule has 0 radical (unpaired) electrons. The first-order valence-electron chi connectivity index (χ1n) is 19.8. The minimum atomic E-state index is 1.12. The minimum absolute atomic E-state index is 1.12. The van der Waals surface area contributed by atoms with E-state index in [2.05, 4.69) is 228 Å². The van der Waals surface area contributed by atoms with Gasteiger partial charge in [-0.2, -0.15) is 0 Å². The van der Waals surface area contributed by atoms with Crippen molar-refractivity contribution in [3.05, 3.63) is 255 Å². The van der Waals surface area contributed by atoms with Gasteiger partial charge in [0, 0.05) is 33.5 Å². The Labute approximate surface area is 341 Å². The molecule has 0 saturated heterocycles. The molecular weight excluding hydrogens is 701 g/mol. The van der Waals surface area contributed by atoms with Crippen molar-refractivity contribution in [1.29, 1.82) is 0 Å². The van der Waals surface area contributed by atoms with Gasteiger partial charge in [-0.3, -0.25) is 0 Å². The summed E-state index contributed by atoms with van der Waals surface area (Å²) >= 11 is 0. The van der Waals surface area contributed by atoms with E-state index in [9.17, 15) is 0 Å². The maximum Gasteiger partial charge on any atom is 0.0540 e. The molecule has 0 saturated carbocycles. The topological polar surface area (TPSA) is 6.48 Å². The molecule has 2 nitrogen and oxygen atoms in total. The molecule has 0 aliphatic heterocycles. The number of hydrogen-bond acceptors (Lipinski definition) is 2. The summed E-state index contributed by atoms with van der Waals surface area (Å²) in [5.74, 6) is 0. The third-order valence-corrected chi connectivity index (χ3v) is 10.5. The highest BCUT2D eigenvalue weighted by Crippen LogP contribution is 2.41. The Hall–Kier alpha value is -7.68. The number of hydrogen-bond donors (Lipinski definition) is 0. The first-order valence-corrected chi connectivity index (χ1v) is 19.8. The molecule has 0 atom stereocenters. The molecule has 0 spiro atoms. The largest absolute Gasteiger partial charge is 0.310 e. The van der Waals surface area contributed by atoms with Crippen molar-refractivity contribution in [1.82, 2.24) is 0 Å². The van der Waals surface area contributed by atoms with Crippen LogP contribution in [0.1, 0.15) is 0 Å². The van der Waals surface area contributed by atoms with Crippen LogP contribution in [0.2, 0.25) is 0 Å². The van der Waals surface area contributed by atoms with Gasteiger partial charge in [0.2, 0.25) is 0 Å². The van der Waals surface area contributed by atoms with Gasteiger partial charge in [0.25, 0.3) is 0 Å². The Balaban J connectivity index is 0.000000668. The number of anilines is 6. The van der Waals surface area contributed by atoms with Gasteiger partial charge in [0.05, 0.1) is 11.4 Å². The average molecular weight is 743 g/mol. The van der Waals surface area contributed by atoms with Gasteiger partial charge in [0.1, 0.15) is 0 Å². The smallest absolute Gasteiger partial charge is 0.0540 e. The van der Waals surface area contributed by atoms with E-state index >= 15 is 0 Å². The summed E-state index contributed by atoms with van der Waals surface area (Å²) in [4.78, 5) is 4.69. The molecule has 0 aliphatic rings. The van der Waals surface area contributed by atoms with E-state index in [4.69, 9.17) is 0 Å². The highest BCUT2D eigenvalue weighted by atomic mass is 15.1. The van der Waals surface area contributed by atoms with E-state index in [-0.39, 0.29) is 0 Å². The van der Waals surface area contributed by atoms with Crippen LogP contribution in [0.15, 0.2) is 255 Å². The number of fused-ring (bicyclic) bond motifs is 2. The van der Waals surface area contributed by atoms with Crippen LogP contribution >= 0.6 is 0 Å². The van der Waals surface area contributed by atoms with Crippen LogP contribution in [0.25, 0.3) is 43.8 Å². The highest BCUT2D eigenvalue weighted by Gasteiger charge is 2.17. The Morgan fingerprint density at radius 3 is 0.810 bits per heavy atom. The fourth-order valence-corrected chi connectivity index (χ4v) is 7.66. The standard InChI is InChI=1S/C50H36N2.C6H6/c1-3-17-43(18-4-1)51(49-23-11-15-41-13-7-9-21-47(41)49)45-33-29-39(30-34-45)37-25-27-38(28-26-37)40-31-35-46(36-32-40)52(44-19-5-2-6-20-44)50-24-12-16-42-14-8-10-22-48(42)50;1-2-4-6-5-3-1/h1-36H;1-6H. The van der Waals surface area contributed by atoms with Gasteiger partial charge in [-0.15, -0.1) is 0 Å². The van der Waals surface area contributed by atoms with Crippen LogP contribution in [-0.4, -0.2) is 0 Å². The molecule has 0 aliphatic carbocycles. The van der Waals surface area contributed by atoms with Crippen molar-refractivity contribution in [3.8, 4) is 22.3 Å². The summed E-state index contributed by atoms with van der Waals surface area (Å²) in [5.41, 5.74) is 11.6. The lowest BCUT2D eigenvalue weighted by molar-refractivity contribution is 1.30. The predicted molar refractivity (Wildman–Crippen MR) is 248 cm³/mol. The van der Waals surface area contributed by atoms with Gasteiger partial charge >= 0.3 is 0 Å². The molecule has 0 aromatic heterocycles. The maximum atomic E-state index is 2.35. The second-order valence-corrected chi connectivity index (χ2v) is 14.2. The summed E-state index contributed by atoms with van der Waals surface area (Å²) in [6.07, 6.45) is 0. The number of nitrogens with zero attached hydrogens (tertiary/aromatic N) is 2. The zero-order valence-corrected chi connectivity index (χ0v) is 32.1. The minimum Gasteiger partial charge on any atom is -0.310 e. The molecule has 10 aromatic rings. The summed E-state index contributed by atoms with van der Waals surface area (Å²) in [5, 5.41) is 4.90. The molecule has 276 valence electrons. The van der Waals surface area contributed by atoms with Gasteiger partial charge in [-0.25, -0.2) is 0 Å².